The van der Waals surface area contributed by atoms with Gasteiger partial charge in [-0.15, -0.1) is 0 Å². The van der Waals surface area contributed by atoms with Gasteiger partial charge in [0.25, 0.3) is 0 Å². The number of aldehydes is 1. The Kier molecular flexibility index (Phi) is 5.16. The number of benzene rings is 1. The zero-order chi connectivity index (χ0) is 17.3. The van der Waals surface area contributed by atoms with Crippen LogP contribution < -0.4 is 10.2 Å². The summed E-state index contributed by atoms with van der Waals surface area (Å²) in [5.41, 5.74) is -0.394. The summed E-state index contributed by atoms with van der Waals surface area (Å²) < 4.78 is 31.6. The van der Waals surface area contributed by atoms with E-state index in [9.17, 15) is 9.18 Å². The molecular weight excluding hydrogens is 298 g/mol. The van der Waals surface area contributed by atoms with Crippen molar-refractivity contribution < 1.29 is 23.2 Å². The Labute approximate surface area is 137 Å². The predicted molar refractivity (Wildman–Crippen MR) is 87.9 cm³/mol. The lowest BCUT2D eigenvalue weighted by atomic mass is 9.78. The molecule has 1 aromatic rings. The first-order valence-electron chi connectivity index (χ1n) is 7.99. The Morgan fingerprint density at radius 2 is 1.83 bits per heavy atom. The maximum absolute atomic E-state index is 14.4. The van der Waals surface area contributed by atoms with Gasteiger partial charge in [0.2, 0.25) is 0 Å². The number of ether oxygens (including phenoxy) is 1. The first-order valence-corrected chi connectivity index (χ1v) is 7.99. The van der Waals surface area contributed by atoms with Gasteiger partial charge in [-0.3, -0.25) is 4.79 Å². The summed E-state index contributed by atoms with van der Waals surface area (Å²) in [6, 6.07) is 2.88. The standard InChI is InChI=1S/C17H24BFO4/c1-6-7-8-21-15-12(11-20)9-13(10-14(15)19)18-22-16(2,3)17(4,5)23-18/h9-11H,6-8H2,1-5H3. The number of hydrogen-bond acceptors (Lipinski definition) is 4. The second kappa shape index (κ2) is 6.61. The van der Waals surface area contributed by atoms with Gasteiger partial charge in [-0.25, -0.2) is 4.39 Å². The maximum atomic E-state index is 14.4. The maximum Gasteiger partial charge on any atom is 0.494 e. The van der Waals surface area contributed by atoms with Gasteiger partial charge in [-0.05, 0) is 51.7 Å². The molecule has 1 aliphatic rings. The number of unbranched alkanes of at least 4 members (excludes halogenated alkanes) is 1. The van der Waals surface area contributed by atoms with Crippen LogP contribution in [0.1, 0.15) is 57.8 Å². The van der Waals surface area contributed by atoms with Gasteiger partial charge >= 0.3 is 7.12 Å². The predicted octanol–water partition coefficient (Wildman–Crippen LogP) is 3.12. The molecule has 126 valence electrons. The summed E-state index contributed by atoms with van der Waals surface area (Å²) in [4.78, 5) is 11.3. The van der Waals surface area contributed by atoms with Crippen LogP contribution in [0.2, 0.25) is 0 Å². The largest absolute Gasteiger partial charge is 0.494 e. The Bertz CT molecular complexity index is 570. The van der Waals surface area contributed by atoms with E-state index in [-0.39, 0.29) is 11.3 Å². The van der Waals surface area contributed by atoms with Crippen molar-refractivity contribution in [3.63, 3.8) is 0 Å². The van der Waals surface area contributed by atoms with Crippen molar-refractivity contribution in [1.29, 1.82) is 0 Å². The first-order chi connectivity index (χ1) is 10.7. The third-order valence-electron chi connectivity index (χ3n) is 4.49. The molecular formula is C17H24BFO4. The van der Waals surface area contributed by atoms with E-state index >= 15 is 0 Å². The van der Waals surface area contributed by atoms with Crippen LogP contribution in [0.4, 0.5) is 4.39 Å². The van der Waals surface area contributed by atoms with Crippen LogP contribution in [0.15, 0.2) is 12.1 Å². The number of hydrogen-bond donors (Lipinski definition) is 0. The van der Waals surface area contributed by atoms with E-state index in [4.69, 9.17) is 14.0 Å². The lowest BCUT2D eigenvalue weighted by Crippen LogP contribution is -2.41. The molecule has 6 heteroatoms. The molecule has 1 heterocycles. The zero-order valence-electron chi connectivity index (χ0n) is 14.4. The summed E-state index contributed by atoms with van der Waals surface area (Å²) in [6.45, 7) is 10.1. The lowest BCUT2D eigenvalue weighted by molar-refractivity contribution is 0.00578. The molecule has 1 fully saturated rings. The van der Waals surface area contributed by atoms with E-state index in [0.717, 1.165) is 12.8 Å². The summed E-state index contributed by atoms with van der Waals surface area (Å²) in [7, 11) is -0.710. The highest BCUT2D eigenvalue weighted by Gasteiger charge is 2.51. The smallest absolute Gasteiger partial charge is 0.490 e. The van der Waals surface area contributed by atoms with Crippen LogP contribution >= 0.6 is 0 Å². The molecule has 0 amide bonds. The molecule has 0 N–H and O–H groups in total. The highest BCUT2D eigenvalue weighted by Crippen LogP contribution is 2.36. The molecule has 0 radical (unpaired) electrons. The summed E-state index contributed by atoms with van der Waals surface area (Å²) >= 11 is 0. The van der Waals surface area contributed by atoms with Crippen molar-refractivity contribution in [1.82, 2.24) is 0 Å². The second-order valence-corrected chi connectivity index (χ2v) is 6.83. The van der Waals surface area contributed by atoms with Crippen LogP contribution in [0.3, 0.4) is 0 Å². The fourth-order valence-corrected chi connectivity index (χ4v) is 2.31. The minimum atomic E-state index is -0.710. The van der Waals surface area contributed by atoms with Crippen LogP contribution in [0.5, 0.6) is 5.75 Å². The Balaban J connectivity index is 2.29. The third kappa shape index (κ3) is 3.58. The number of rotatable bonds is 6. The number of carbonyl (C=O) groups excluding carboxylic acids is 1. The van der Waals surface area contributed by atoms with Gasteiger partial charge < -0.3 is 14.0 Å². The molecule has 0 atom stereocenters. The fourth-order valence-electron chi connectivity index (χ4n) is 2.31. The molecule has 1 aromatic carbocycles. The number of carbonyl (C=O) groups is 1. The van der Waals surface area contributed by atoms with E-state index in [2.05, 4.69) is 0 Å². The van der Waals surface area contributed by atoms with Gasteiger partial charge in [-0.1, -0.05) is 13.3 Å². The minimum Gasteiger partial charge on any atom is -0.490 e. The van der Waals surface area contributed by atoms with E-state index in [1.165, 1.54) is 6.07 Å². The van der Waals surface area contributed by atoms with E-state index in [1.54, 1.807) is 6.07 Å². The van der Waals surface area contributed by atoms with E-state index < -0.39 is 24.1 Å². The van der Waals surface area contributed by atoms with Gasteiger partial charge in [0.15, 0.2) is 17.9 Å². The highest BCUT2D eigenvalue weighted by molar-refractivity contribution is 6.62. The quantitative estimate of drug-likeness (QED) is 0.459. The summed E-state index contributed by atoms with van der Waals surface area (Å²) in [5, 5.41) is 0. The highest BCUT2D eigenvalue weighted by atomic mass is 19.1. The van der Waals surface area contributed by atoms with Crippen molar-refractivity contribution in [3.8, 4) is 5.75 Å². The van der Waals surface area contributed by atoms with Gasteiger partial charge in [-0.2, -0.15) is 0 Å². The molecule has 0 bridgehead atoms. The zero-order valence-corrected chi connectivity index (χ0v) is 14.4. The van der Waals surface area contributed by atoms with Crippen molar-refractivity contribution in [2.75, 3.05) is 6.61 Å². The van der Waals surface area contributed by atoms with Gasteiger partial charge in [0.1, 0.15) is 0 Å². The van der Waals surface area contributed by atoms with Crippen LogP contribution in [0, 0.1) is 5.82 Å². The first kappa shape index (κ1) is 18.0. The monoisotopic (exact) mass is 322 g/mol. The van der Waals surface area contributed by atoms with E-state index in [1.807, 2.05) is 34.6 Å². The molecule has 1 saturated heterocycles. The van der Waals surface area contributed by atoms with Crippen molar-refractivity contribution >= 4 is 18.9 Å². The molecule has 0 aliphatic carbocycles. The molecule has 2 rings (SSSR count). The second-order valence-electron chi connectivity index (χ2n) is 6.83. The average molecular weight is 322 g/mol. The molecule has 0 aromatic heterocycles. The van der Waals surface area contributed by atoms with E-state index in [0.29, 0.717) is 18.4 Å². The number of halogens is 1. The topological polar surface area (TPSA) is 44.8 Å². The fraction of sp³-hybridized carbons (Fsp3) is 0.588. The van der Waals surface area contributed by atoms with Crippen molar-refractivity contribution in [2.45, 2.75) is 58.7 Å². The average Bonchev–Trinajstić information content (AvgIpc) is 2.69. The van der Waals surface area contributed by atoms with Gasteiger partial charge in [0.05, 0.1) is 23.4 Å². The molecule has 0 unspecified atom stereocenters. The Morgan fingerprint density at radius 3 is 2.35 bits per heavy atom. The van der Waals surface area contributed by atoms with Crippen LogP contribution in [-0.2, 0) is 9.31 Å². The van der Waals surface area contributed by atoms with Crippen LogP contribution in [0.25, 0.3) is 0 Å². The summed E-state index contributed by atoms with van der Waals surface area (Å²) in [6.07, 6.45) is 2.33. The lowest BCUT2D eigenvalue weighted by Gasteiger charge is -2.32. The molecule has 1 aliphatic heterocycles. The Morgan fingerprint density at radius 1 is 1.22 bits per heavy atom. The van der Waals surface area contributed by atoms with Crippen molar-refractivity contribution in [3.05, 3.63) is 23.5 Å². The molecule has 4 nitrogen and oxygen atoms in total. The minimum absolute atomic E-state index is 0.00582. The van der Waals surface area contributed by atoms with Gasteiger partial charge in [0, 0.05) is 0 Å². The molecule has 0 spiro atoms. The Hall–Kier alpha value is -1.40. The van der Waals surface area contributed by atoms with Crippen molar-refractivity contribution in [2.24, 2.45) is 0 Å². The molecule has 23 heavy (non-hydrogen) atoms. The summed E-state index contributed by atoms with van der Waals surface area (Å²) in [5.74, 6) is -0.580. The molecule has 0 saturated carbocycles. The SMILES string of the molecule is CCCCOc1c(F)cc(B2OC(C)(C)C(C)(C)O2)cc1C=O. The van der Waals surface area contributed by atoms with Crippen LogP contribution in [-0.4, -0.2) is 31.2 Å². The normalized spacial score (nSPS) is 19.0. The third-order valence-corrected chi connectivity index (χ3v) is 4.49.